The summed E-state index contributed by atoms with van der Waals surface area (Å²) < 4.78 is 5.72. The number of nitrogens with zero attached hydrogens (tertiary/aromatic N) is 3. The second-order valence-corrected chi connectivity index (χ2v) is 4.58. The molecule has 0 aliphatic heterocycles. The molecule has 0 bridgehead atoms. The van der Waals surface area contributed by atoms with Gasteiger partial charge in [0, 0.05) is 23.7 Å². The molecule has 3 aromatic rings. The van der Waals surface area contributed by atoms with Crippen LogP contribution < -0.4 is 4.74 Å². The van der Waals surface area contributed by atoms with Gasteiger partial charge in [0.25, 0.3) is 0 Å². The van der Waals surface area contributed by atoms with Crippen LogP contribution in [0.1, 0.15) is 21.7 Å². The number of rotatable bonds is 4. The first-order chi connectivity index (χ1) is 10.3. The van der Waals surface area contributed by atoms with Gasteiger partial charge >= 0.3 is 0 Å². The lowest BCUT2D eigenvalue weighted by atomic mass is 10.2. The van der Waals surface area contributed by atoms with E-state index in [1.807, 2.05) is 31.2 Å². The van der Waals surface area contributed by atoms with E-state index in [1.54, 1.807) is 18.5 Å². The van der Waals surface area contributed by atoms with Crippen molar-refractivity contribution in [1.82, 2.24) is 15.0 Å². The molecule has 0 spiro atoms. The van der Waals surface area contributed by atoms with Gasteiger partial charge in [-0.15, -0.1) is 0 Å². The molecule has 3 rings (SSSR count). The van der Waals surface area contributed by atoms with Crippen LogP contribution in [-0.4, -0.2) is 21.2 Å². The van der Waals surface area contributed by atoms with Gasteiger partial charge in [-0.2, -0.15) is 0 Å². The van der Waals surface area contributed by atoms with E-state index in [-0.39, 0.29) is 0 Å². The Morgan fingerprint density at radius 3 is 2.90 bits per heavy atom. The first-order valence-corrected chi connectivity index (χ1v) is 6.52. The standard InChI is InChI=1S/C16H13N3O2/c1-11-4-5-15(14(9-20)19-11)21-10-12-6-8-17-13-3-2-7-18-16(12)13/h2-9H,10H2,1H3. The van der Waals surface area contributed by atoms with Gasteiger partial charge in [-0.1, -0.05) is 0 Å². The van der Waals surface area contributed by atoms with Gasteiger partial charge in [-0.25, -0.2) is 4.98 Å². The highest BCUT2D eigenvalue weighted by molar-refractivity contribution is 5.77. The zero-order valence-electron chi connectivity index (χ0n) is 11.5. The monoisotopic (exact) mass is 279 g/mol. The van der Waals surface area contributed by atoms with Gasteiger partial charge < -0.3 is 4.74 Å². The molecule has 104 valence electrons. The third-order valence-corrected chi connectivity index (χ3v) is 3.10. The van der Waals surface area contributed by atoms with Crippen LogP contribution in [0.3, 0.4) is 0 Å². The lowest BCUT2D eigenvalue weighted by molar-refractivity contribution is 0.111. The Hall–Kier alpha value is -2.82. The van der Waals surface area contributed by atoms with E-state index in [4.69, 9.17) is 4.74 Å². The molecule has 0 saturated heterocycles. The Bertz CT molecular complexity index is 797. The molecule has 0 amide bonds. The van der Waals surface area contributed by atoms with E-state index >= 15 is 0 Å². The number of hydrogen-bond acceptors (Lipinski definition) is 5. The van der Waals surface area contributed by atoms with Crippen LogP contribution in [0.4, 0.5) is 0 Å². The zero-order chi connectivity index (χ0) is 14.7. The van der Waals surface area contributed by atoms with Crippen molar-refractivity contribution in [2.24, 2.45) is 0 Å². The molecule has 0 radical (unpaired) electrons. The summed E-state index contributed by atoms with van der Waals surface area (Å²) in [5.41, 5.74) is 3.61. The molecular weight excluding hydrogens is 266 g/mol. The summed E-state index contributed by atoms with van der Waals surface area (Å²) >= 11 is 0. The minimum atomic E-state index is 0.307. The quantitative estimate of drug-likeness (QED) is 0.687. The van der Waals surface area contributed by atoms with Crippen molar-refractivity contribution in [1.29, 1.82) is 0 Å². The number of carbonyl (C=O) groups is 1. The number of aryl methyl sites for hydroxylation is 1. The summed E-state index contributed by atoms with van der Waals surface area (Å²) in [4.78, 5) is 23.8. The first-order valence-electron chi connectivity index (χ1n) is 6.52. The summed E-state index contributed by atoms with van der Waals surface area (Å²) in [6.07, 6.45) is 4.14. The summed E-state index contributed by atoms with van der Waals surface area (Å²) in [7, 11) is 0. The van der Waals surface area contributed by atoms with Gasteiger partial charge in [0.15, 0.2) is 6.29 Å². The average molecular weight is 279 g/mol. The largest absolute Gasteiger partial charge is 0.486 e. The number of carbonyl (C=O) groups excluding carboxylic acids is 1. The van der Waals surface area contributed by atoms with Crippen molar-refractivity contribution in [3.05, 3.63) is 59.7 Å². The topological polar surface area (TPSA) is 65.0 Å². The van der Waals surface area contributed by atoms with Crippen molar-refractivity contribution >= 4 is 17.3 Å². The van der Waals surface area contributed by atoms with Gasteiger partial charge in [0.05, 0.1) is 11.0 Å². The molecular formula is C16H13N3O2. The molecule has 0 aliphatic rings. The van der Waals surface area contributed by atoms with Crippen LogP contribution in [0, 0.1) is 6.92 Å². The lowest BCUT2D eigenvalue weighted by Crippen LogP contribution is -2.02. The first kappa shape index (κ1) is 13.2. The van der Waals surface area contributed by atoms with Crippen molar-refractivity contribution in [2.45, 2.75) is 13.5 Å². The molecule has 3 aromatic heterocycles. The Morgan fingerprint density at radius 1 is 1.14 bits per heavy atom. The highest BCUT2D eigenvalue weighted by Crippen LogP contribution is 2.19. The molecule has 5 nitrogen and oxygen atoms in total. The molecule has 0 saturated carbocycles. The maximum Gasteiger partial charge on any atom is 0.172 e. The Labute approximate surface area is 121 Å². The summed E-state index contributed by atoms with van der Waals surface area (Å²) in [6.45, 7) is 2.14. The number of fused-ring (bicyclic) bond motifs is 1. The highest BCUT2D eigenvalue weighted by Gasteiger charge is 2.07. The van der Waals surface area contributed by atoms with Gasteiger partial charge in [-0.05, 0) is 37.3 Å². The Balaban J connectivity index is 1.89. The van der Waals surface area contributed by atoms with E-state index in [0.29, 0.717) is 24.3 Å². The second-order valence-electron chi connectivity index (χ2n) is 4.58. The predicted molar refractivity (Wildman–Crippen MR) is 78.2 cm³/mol. The van der Waals surface area contributed by atoms with Crippen LogP contribution in [-0.2, 0) is 6.61 Å². The molecule has 0 N–H and O–H groups in total. The minimum absolute atomic E-state index is 0.307. The number of aldehydes is 1. The van der Waals surface area contributed by atoms with E-state index in [2.05, 4.69) is 15.0 Å². The number of pyridine rings is 3. The minimum Gasteiger partial charge on any atom is -0.486 e. The Kier molecular flexibility index (Phi) is 3.55. The van der Waals surface area contributed by atoms with Gasteiger partial charge in [-0.3, -0.25) is 14.8 Å². The fraction of sp³-hybridized carbons (Fsp3) is 0.125. The fourth-order valence-corrected chi connectivity index (χ4v) is 2.08. The number of aromatic nitrogens is 3. The fourth-order valence-electron chi connectivity index (χ4n) is 2.08. The SMILES string of the molecule is Cc1ccc(OCc2ccnc3cccnc23)c(C=O)n1. The molecule has 3 heterocycles. The molecule has 0 aliphatic carbocycles. The normalized spacial score (nSPS) is 10.5. The molecule has 0 fully saturated rings. The van der Waals surface area contributed by atoms with Crippen LogP contribution in [0.15, 0.2) is 42.7 Å². The lowest BCUT2D eigenvalue weighted by Gasteiger charge is -2.09. The summed E-state index contributed by atoms with van der Waals surface area (Å²) in [5.74, 6) is 0.469. The van der Waals surface area contributed by atoms with Crippen LogP contribution in [0.5, 0.6) is 5.75 Å². The molecule has 0 atom stereocenters. The van der Waals surface area contributed by atoms with Gasteiger partial charge in [0.1, 0.15) is 18.1 Å². The van der Waals surface area contributed by atoms with Crippen molar-refractivity contribution in [3.8, 4) is 5.75 Å². The highest BCUT2D eigenvalue weighted by atomic mass is 16.5. The average Bonchev–Trinajstić information content (AvgIpc) is 2.53. The zero-order valence-corrected chi connectivity index (χ0v) is 11.5. The van der Waals surface area contributed by atoms with Crippen LogP contribution in [0.25, 0.3) is 11.0 Å². The van der Waals surface area contributed by atoms with Crippen molar-refractivity contribution in [3.63, 3.8) is 0 Å². The molecule has 0 aromatic carbocycles. The second kappa shape index (κ2) is 5.66. The third kappa shape index (κ3) is 2.72. The number of hydrogen-bond donors (Lipinski definition) is 0. The van der Waals surface area contributed by atoms with Crippen LogP contribution in [0.2, 0.25) is 0 Å². The maximum atomic E-state index is 11.0. The molecule has 21 heavy (non-hydrogen) atoms. The number of ether oxygens (including phenoxy) is 1. The maximum absolute atomic E-state index is 11.0. The van der Waals surface area contributed by atoms with Gasteiger partial charge in [0.2, 0.25) is 0 Å². The van der Waals surface area contributed by atoms with Crippen LogP contribution >= 0.6 is 0 Å². The van der Waals surface area contributed by atoms with E-state index in [1.165, 1.54) is 0 Å². The smallest absolute Gasteiger partial charge is 0.172 e. The van der Waals surface area contributed by atoms with Crippen molar-refractivity contribution < 1.29 is 9.53 Å². The van der Waals surface area contributed by atoms with E-state index in [9.17, 15) is 4.79 Å². The third-order valence-electron chi connectivity index (χ3n) is 3.10. The molecule has 5 heteroatoms. The Morgan fingerprint density at radius 2 is 2.05 bits per heavy atom. The summed E-state index contributed by atoms with van der Waals surface area (Å²) in [5, 5.41) is 0. The molecule has 0 unspecified atom stereocenters. The van der Waals surface area contributed by atoms with E-state index < -0.39 is 0 Å². The van der Waals surface area contributed by atoms with Crippen molar-refractivity contribution in [2.75, 3.05) is 0 Å². The van der Waals surface area contributed by atoms with E-state index in [0.717, 1.165) is 22.3 Å². The predicted octanol–water partition coefficient (Wildman–Crippen LogP) is 2.72. The summed E-state index contributed by atoms with van der Waals surface area (Å²) in [6, 6.07) is 9.16.